The number of nitriles is 1. The van der Waals surface area contributed by atoms with Crippen molar-refractivity contribution < 1.29 is 4.79 Å². The van der Waals surface area contributed by atoms with E-state index in [0.29, 0.717) is 19.6 Å². The molecule has 6 nitrogen and oxygen atoms in total. The van der Waals surface area contributed by atoms with Crippen LogP contribution in [0.15, 0.2) is 24.3 Å². The van der Waals surface area contributed by atoms with Crippen molar-refractivity contribution in [1.29, 1.82) is 5.26 Å². The number of aromatic nitrogens is 2. The maximum Gasteiger partial charge on any atom is 0.227 e. The first-order chi connectivity index (χ1) is 10.2. The van der Waals surface area contributed by atoms with E-state index in [1.807, 2.05) is 24.3 Å². The van der Waals surface area contributed by atoms with Gasteiger partial charge in [-0.25, -0.2) is 4.98 Å². The number of fused-ring (bicyclic) bond motifs is 1. The minimum atomic E-state index is -0.0842. The molecule has 0 radical (unpaired) electrons. The molecular weight excluding hydrogens is 266 g/mol. The number of benzene rings is 1. The highest BCUT2D eigenvalue weighted by atomic mass is 16.2. The molecular formula is C15H17N5O. The molecule has 0 aliphatic carbocycles. The number of rotatable bonds is 3. The first kappa shape index (κ1) is 13.4. The third kappa shape index (κ3) is 2.68. The van der Waals surface area contributed by atoms with E-state index in [2.05, 4.69) is 16.2 Å². The Kier molecular flexibility index (Phi) is 3.48. The van der Waals surface area contributed by atoms with E-state index >= 15 is 0 Å². The minimum absolute atomic E-state index is 0.0770. The molecule has 2 heterocycles. The van der Waals surface area contributed by atoms with Gasteiger partial charge in [0.1, 0.15) is 5.82 Å². The maximum absolute atomic E-state index is 12.4. The summed E-state index contributed by atoms with van der Waals surface area (Å²) in [6.07, 6.45) is 2.85. The van der Waals surface area contributed by atoms with Gasteiger partial charge >= 0.3 is 0 Å². The van der Waals surface area contributed by atoms with Crippen molar-refractivity contribution in [1.82, 2.24) is 19.8 Å². The molecule has 1 aromatic heterocycles. The van der Waals surface area contributed by atoms with Crippen molar-refractivity contribution in [3.63, 3.8) is 0 Å². The number of carbonyl (C=O) groups excluding carboxylic acids is 1. The van der Waals surface area contributed by atoms with E-state index in [9.17, 15) is 4.79 Å². The molecule has 1 N–H and O–H groups in total. The van der Waals surface area contributed by atoms with Crippen LogP contribution in [0.25, 0.3) is 11.0 Å². The number of nitrogens with zero attached hydrogens (tertiary/aromatic N) is 4. The van der Waals surface area contributed by atoms with Crippen LogP contribution in [0.3, 0.4) is 0 Å². The Balaban J connectivity index is 1.67. The lowest BCUT2D eigenvalue weighted by Gasteiger charge is -2.19. The quantitative estimate of drug-likeness (QED) is 0.862. The molecule has 1 aromatic carbocycles. The first-order valence-electron chi connectivity index (χ1n) is 7.00. The highest BCUT2D eigenvalue weighted by Gasteiger charge is 2.30. The summed E-state index contributed by atoms with van der Waals surface area (Å²) < 4.78 is 0. The van der Waals surface area contributed by atoms with Crippen LogP contribution in [-0.2, 0) is 11.3 Å². The first-order valence-corrected chi connectivity index (χ1v) is 7.00. The van der Waals surface area contributed by atoms with Crippen LogP contribution >= 0.6 is 0 Å². The van der Waals surface area contributed by atoms with Gasteiger partial charge in [0.05, 0.1) is 23.5 Å². The predicted molar refractivity (Wildman–Crippen MR) is 77.9 cm³/mol. The molecule has 1 fully saturated rings. The Hall–Kier alpha value is -2.55. The molecule has 1 aliphatic rings. The van der Waals surface area contributed by atoms with Crippen molar-refractivity contribution in [2.24, 2.45) is 5.92 Å². The molecule has 1 atom stereocenters. The number of aromatic amines is 1. The van der Waals surface area contributed by atoms with Crippen LogP contribution in [0.2, 0.25) is 0 Å². The third-order valence-electron chi connectivity index (χ3n) is 3.88. The van der Waals surface area contributed by atoms with Gasteiger partial charge in [0, 0.05) is 20.1 Å². The maximum atomic E-state index is 12.4. The van der Waals surface area contributed by atoms with Gasteiger partial charge in [-0.1, -0.05) is 12.1 Å². The summed E-state index contributed by atoms with van der Waals surface area (Å²) in [6.45, 7) is 1.65. The summed E-state index contributed by atoms with van der Waals surface area (Å²) >= 11 is 0. The van der Waals surface area contributed by atoms with Crippen LogP contribution in [-0.4, -0.2) is 45.8 Å². The Morgan fingerprint density at radius 1 is 1.57 bits per heavy atom. The van der Waals surface area contributed by atoms with E-state index in [-0.39, 0.29) is 11.8 Å². The van der Waals surface area contributed by atoms with Gasteiger partial charge < -0.3 is 14.8 Å². The van der Waals surface area contributed by atoms with E-state index in [4.69, 9.17) is 5.26 Å². The number of hydrogen-bond acceptors (Lipinski definition) is 4. The molecule has 0 bridgehead atoms. The zero-order valence-electron chi connectivity index (χ0n) is 11.9. The van der Waals surface area contributed by atoms with Gasteiger partial charge in [-0.2, -0.15) is 5.26 Å². The fourth-order valence-electron chi connectivity index (χ4n) is 2.75. The Labute approximate surface area is 123 Å². The van der Waals surface area contributed by atoms with Crippen LogP contribution in [0.1, 0.15) is 12.2 Å². The normalized spacial score (nSPS) is 17.9. The number of para-hydroxylation sites is 2. The van der Waals surface area contributed by atoms with E-state index in [0.717, 1.165) is 23.3 Å². The van der Waals surface area contributed by atoms with Crippen LogP contribution in [0.5, 0.6) is 0 Å². The van der Waals surface area contributed by atoms with Crippen molar-refractivity contribution in [3.8, 4) is 6.19 Å². The fraction of sp³-hybridized carbons (Fsp3) is 0.400. The van der Waals surface area contributed by atoms with Gasteiger partial charge in [0.15, 0.2) is 6.19 Å². The summed E-state index contributed by atoms with van der Waals surface area (Å²) in [6, 6.07) is 7.80. The molecule has 1 saturated heterocycles. The molecule has 21 heavy (non-hydrogen) atoms. The van der Waals surface area contributed by atoms with Gasteiger partial charge in [0.25, 0.3) is 0 Å². The standard InChI is InChI=1S/C15H17N5O/c1-19(15(21)11-6-7-20(8-11)10-16)9-14-17-12-4-2-3-5-13(12)18-14/h2-5,11H,6-9H2,1H3,(H,17,18). The fourth-order valence-corrected chi connectivity index (χ4v) is 2.75. The van der Waals surface area contributed by atoms with Crippen LogP contribution < -0.4 is 0 Å². The second-order valence-corrected chi connectivity index (χ2v) is 5.43. The Morgan fingerprint density at radius 3 is 3.10 bits per heavy atom. The average Bonchev–Trinajstić information content (AvgIpc) is 3.12. The van der Waals surface area contributed by atoms with E-state index in [1.54, 1.807) is 16.8 Å². The molecule has 3 rings (SSSR count). The third-order valence-corrected chi connectivity index (χ3v) is 3.88. The number of likely N-dealkylation sites (tertiary alicyclic amines) is 1. The molecule has 0 saturated carbocycles. The largest absolute Gasteiger partial charge is 0.340 e. The lowest BCUT2D eigenvalue weighted by Crippen LogP contribution is -2.34. The highest BCUT2D eigenvalue weighted by molar-refractivity contribution is 5.79. The molecule has 0 spiro atoms. The SMILES string of the molecule is CN(Cc1nc2ccccc2[nH]1)C(=O)C1CCN(C#N)C1. The number of carbonyl (C=O) groups is 1. The number of H-pyrrole nitrogens is 1. The zero-order valence-corrected chi connectivity index (χ0v) is 11.9. The monoisotopic (exact) mass is 283 g/mol. The molecule has 1 amide bonds. The molecule has 1 unspecified atom stereocenters. The minimum Gasteiger partial charge on any atom is -0.340 e. The second kappa shape index (κ2) is 5.44. The van der Waals surface area contributed by atoms with Crippen molar-refractivity contribution >= 4 is 16.9 Å². The molecule has 2 aromatic rings. The Bertz CT molecular complexity index is 668. The molecule has 108 valence electrons. The lowest BCUT2D eigenvalue weighted by molar-refractivity contribution is -0.134. The van der Waals surface area contributed by atoms with Gasteiger partial charge in [-0.05, 0) is 18.6 Å². The number of hydrogen-bond donors (Lipinski definition) is 1. The summed E-state index contributed by atoms with van der Waals surface area (Å²) in [4.78, 5) is 23.4. The van der Waals surface area contributed by atoms with Gasteiger partial charge in [-0.15, -0.1) is 0 Å². The van der Waals surface area contributed by atoms with Crippen LogP contribution in [0, 0.1) is 17.4 Å². The summed E-state index contributed by atoms with van der Waals surface area (Å²) in [5, 5.41) is 8.86. The highest BCUT2D eigenvalue weighted by Crippen LogP contribution is 2.18. The topological polar surface area (TPSA) is 76.0 Å². The smallest absolute Gasteiger partial charge is 0.227 e. The number of amides is 1. The predicted octanol–water partition coefficient (Wildman–Crippen LogP) is 1.32. The summed E-state index contributed by atoms with van der Waals surface area (Å²) in [5.74, 6) is 0.773. The number of imidazole rings is 1. The summed E-state index contributed by atoms with van der Waals surface area (Å²) in [7, 11) is 1.78. The van der Waals surface area contributed by atoms with Gasteiger partial charge in [-0.3, -0.25) is 4.79 Å². The van der Waals surface area contributed by atoms with Crippen molar-refractivity contribution in [2.45, 2.75) is 13.0 Å². The van der Waals surface area contributed by atoms with Crippen molar-refractivity contribution in [2.75, 3.05) is 20.1 Å². The average molecular weight is 283 g/mol. The lowest BCUT2D eigenvalue weighted by atomic mass is 10.1. The molecule has 1 aliphatic heterocycles. The van der Waals surface area contributed by atoms with E-state index in [1.165, 1.54) is 0 Å². The van der Waals surface area contributed by atoms with Crippen molar-refractivity contribution in [3.05, 3.63) is 30.1 Å². The van der Waals surface area contributed by atoms with E-state index < -0.39 is 0 Å². The zero-order chi connectivity index (χ0) is 14.8. The molecule has 6 heteroatoms. The second-order valence-electron chi connectivity index (χ2n) is 5.43. The Morgan fingerprint density at radius 2 is 2.38 bits per heavy atom. The summed E-state index contributed by atoms with van der Waals surface area (Å²) in [5.41, 5.74) is 1.88. The van der Waals surface area contributed by atoms with Gasteiger partial charge in [0.2, 0.25) is 5.91 Å². The van der Waals surface area contributed by atoms with Crippen LogP contribution in [0.4, 0.5) is 0 Å². The number of nitrogens with one attached hydrogen (secondary N) is 1.